The number of anilines is 1. The van der Waals surface area contributed by atoms with Gasteiger partial charge in [-0.2, -0.15) is 13.2 Å². The summed E-state index contributed by atoms with van der Waals surface area (Å²) in [4.78, 5) is 47.3. The van der Waals surface area contributed by atoms with Crippen molar-refractivity contribution in [1.82, 2.24) is 40.1 Å². The zero-order valence-corrected chi connectivity index (χ0v) is 21.8. The number of nitrogens with one attached hydrogen (secondary N) is 2. The lowest BCUT2D eigenvalue weighted by Crippen LogP contribution is -2.73. The van der Waals surface area contributed by atoms with E-state index in [1.807, 2.05) is 0 Å². The van der Waals surface area contributed by atoms with Crippen molar-refractivity contribution < 1.29 is 37.3 Å². The standard InChI is InChI=1S/C18H25N11O8S2/c19-4-1-5-21-6-11-24-27-28(25-11)7-10-13(15(31)29(10)39(34,35)36)23-14(30)12(9-8-38-17(20)22-9)26-37-18(2-3-18)16(32)33/h8,10,13,21H,1-7,19H2,(H2,20,22)(H,23,30)(H,32,33)(H,34,35,36)/b26-12-. The Morgan fingerprint density at radius 2 is 2.10 bits per heavy atom. The summed E-state index contributed by atoms with van der Waals surface area (Å²) in [5.41, 5.74) is 8.94. The fraction of sp³-hybridized carbons (Fsp3) is 0.556. The van der Waals surface area contributed by atoms with Crippen molar-refractivity contribution in [1.29, 1.82) is 0 Å². The van der Waals surface area contributed by atoms with Crippen molar-refractivity contribution in [3.63, 3.8) is 0 Å². The van der Waals surface area contributed by atoms with Crippen LogP contribution >= 0.6 is 11.3 Å². The summed E-state index contributed by atoms with van der Waals surface area (Å²) in [5.74, 6) is -3.16. The van der Waals surface area contributed by atoms with Gasteiger partial charge in [-0.1, -0.05) is 5.16 Å². The lowest BCUT2D eigenvalue weighted by molar-refractivity contribution is -0.153. The summed E-state index contributed by atoms with van der Waals surface area (Å²) in [5, 5.41) is 31.6. The third-order valence-electron chi connectivity index (χ3n) is 5.78. The van der Waals surface area contributed by atoms with Crippen molar-refractivity contribution in [3.05, 3.63) is 16.9 Å². The van der Waals surface area contributed by atoms with Crippen molar-refractivity contribution in [3.8, 4) is 0 Å². The molecule has 2 amide bonds. The smallest absolute Gasteiger partial charge is 0.362 e. The van der Waals surface area contributed by atoms with Gasteiger partial charge in [0.25, 0.3) is 11.8 Å². The Morgan fingerprint density at radius 3 is 2.69 bits per heavy atom. The van der Waals surface area contributed by atoms with Crippen LogP contribution < -0.4 is 22.1 Å². The van der Waals surface area contributed by atoms with E-state index in [0.29, 0.717) is 13.1 Å². The van der Waals surface area contributed by atoms with Gasteiger partial charge in [-0.15, -0.1) is 21.5 Å². The number of β-lactam (4-membered cyclic amide) rings is 1. The zero-order valence-electron chi connectivity index (χ0n) is 20.1. The minimum Gasteiger partial charge on any atom is -0.478 e. The number of carboxylic acid groups (broad SMARTS) is 1. The van der Waals surface area contributed by atoms with Crippen LogP contribution in [0.4, 0.5) is 5.13 Å². The molecule has 2 fully saturated rings. The van der Waals surface area contributed by atoms with Crippen molar-refractivity contribution >= 4 is 50.3 Å². The van der Waals surface area contributed by atoms with Gasteiger partial charge in [0.05, 0.1) is 13.1 Å². The van der Waals surface area contributed by atoms with Crippen molar-refractivity contribution in [2.45, 2.75) is 50.0 Å². The second-order valence-electron chi connectivity index (χ2n) is 8.61. The first-order valence-electron chi connectivity index (χ1n) is 11.4. The number of carbonyl (C=O) groups excluding carboxylic acids is 2. The first kappa shape index (κ1) is 28.2. The largest absolute Gasteiger partial charge is 0.478 e. The molecule has 1 saturated carbocycles. The fourth-order valence-corrected chi connectivity index (χ4v) is 4.98. The highest BCUT2D eigenvalue weighted by atomic mass is 32.2. The van der Waals surface area contributed by atoms with Crippen molar-refractivity contribution in [2.75, 3.05) is 18.8 Å². The van der Waals surface area contributed by atoms with Gasteiger partial charge in [0.15, 0.2) is 16.7 Å². The monoisotopic (exact) mass is 587 g/mol. The molecule has 39 heavy (non-hydrogen) atoms. The van der Waals surface area contributed by atoms with Gasteiger partial charge >= 0.3 is 16.3 Å². The molecule has 0 radical (unpaired) electrons. The van der Waals surface area contributed by atoms with Crippen LogP contribution in [0.15, 0.2) is 10.5 Å². The Balaban J connectivity index is 1.51. The highest BCUT2D eigenvalue weighted by molar-refractivity contribution is 7.84. The minimum absolute atomic E-state index is 0.0594. The van der Waals surface area contributed by atoms with Crippen LogP contribution in [0, 0.1) is 0 Å². The molecule has 19 nitrogen and oxygen atoms in total. The average Bonchev–Trinajstić information content (AvgIpc) is 3.33. The molecule has 2 aromatic heterocycles. The van der Waals surface area contributed by atoms with Gasteiger partial charge in [-0.05, 0) is 24.7 Å². The van der Waals surface area contributed by atoms with Gasteiger partial charge in [-0.25, -0.2) is 14.1 Å². The summed E-state index contributed by atoms with van der Waals surface area (Å²) < 4.78 is 33.4. The van der Waals surface area contributed by atoms with Gasteiger partial charge in [0.2, 0.25) is 5.60 Å². The van der Waals surface area contributed by atoms with Crippen LogP contribution in [0.1, 0.15) is 30.8 Å². The van der Waals surface area contributed by atoms with E-state index in [-0.39, 0.29) is 46.9 Å². The Labute approximate surface area is 224 Å². The maximum atomic E-state index is 13.1. The molecule has 2 aliphatic rings. The number of aromatic nitrogens is 5. The predicted molar refractivity (Wildman–Crippen MR) is 131 cm³/mol. The number of nitrogens with zero attached hydrogens (tertiary/aromatic N) is 7. The summed E-state index contributed by atoms with van der Waals surface area (Å²) in [6, 6.07) is -2.80. The number of thiazole rings is 1. The molecule has 1 aliphatic heterocycles. The maximum absolute atomic E-state index is 13.1. The second-order valence-corrected chi connectivity index (χ2v) is 10.8. The molecule has 2 unspecified atom stereocenters. The fourth-order valence-electron chi connectivity index (χ4n) is 3.56. The number of carboxylic acids is 1. The van der Waals surface area contributed by atoms with E-state index >= 15 is 0 Å². The number of rotatable bonds is 14. The van der Waals surface area contributed by atoms with Gasteiger partial charge < -0.3 is 32.0 Å². The lowest BCUT2D eigenvalue weighted by Gasteiger charge is -2.43. The third kappa shape index (κ3) is 6.27. The van der Waals surface area contributed by atoms with Crippen molar-refractivity contribution in [2.24, 2.45) is 10.9 Å². The first-order valence-corrected chi connectivity index (χ1v) is 13.7. The van der Waals surface area contributed by atoms with Crippen LogP contribution in [0.25, 0.3) is 0 Å². The molecule has 1 aliphatic carbocycles. The second kappa shape index (κ2) is 11.1. The summed E-state index contributed by atoms with van der Waals surface area (Å²) >= 11 is 0.969. The van der Waals surface area contributed by atoms with Gasteiger partial charge in [0, 0.05) is 18.2 Å². The zero-order chi connectivity index (χ0) is 28.4. The van der Waals surface area contributed by atoms with E-state index in [1.54, 1.807) is 0 Å². The van der Waals surface area contributed by atoms with E-state index in [0.717, 1.165) is 22.6 Å². The van der Waals surface area contributed by atoms with E-state index in [9.17, 15) is 32.5 Å². The Hall–Kier alpha value is -3.79. The van der Waals surface area contributed by atoms with Crippen LogP contribution in [0.2, 0.25) is 0 Å². The number of carbonyl (C=O) groups is 3. The molecule has 4 rings (SSSR count). The number of hydrogen-bond donors (Lipinski definition) is 6. The van der Waals surface area contributed by atoms with E-state index in [1.165, 1.54) is 5.38 Å². The normalized spacial score (nSPS) is 20.4. The van der Waals surface area contributed by atoms with E-state index < -0.39 is 51.5 Å². The number of oxime groups is 1. The average molecular weight is 588 g/mol. The van der Waals surface area contributed by atoms with E-state index in [4.69, 9.17) is 16.3 Å². The molecular weight excluding hydrogens is 562 g/mol. The Morgan fingerprint density at radius 1 is 1.36 bits per heavy atom. The molecule has 212 valence electrons. The topological polar surface area (TPSA) is 283 Å². The number of amides is 2. The highest BCUT2D eigenvalue weighted by Gasteiger charge is 2.56. The summed E-state index contributed by atoms with van der Waals surface area (Å²) in [6.45, 7) is 0.996. The predicted octanol–water partition coefficient (Wildman–Crippen LogP) is -3.31. The molecule has 2 aromatic rings. The number of nitrogen functional groups attached to an aromatic ring is 1. The number of hydrogen-bond acceptors (Lipinski definition) is 15. The number of aliphatic carboxylic acids is 1. The van der Waals surface area contributed by atoms with E-state index in [2.05, 4.69) is 36.2 Å². The summed E-state index contributed by atoms with van der Waals surface area (Å²) in [6.07, 6.45) is 1.06. The molecule has 0 aromatic carbocycles. The number of nitrogens with two attached hydrogens (primary N) is 2. The lowest BCUT2D eigenvalue weighted by atomic mass is 9.98. The summed E-state index contributed by atoms with van der Waals surface area (Å²) in [7, 11) is -5.00. The van der Waals surface area contributed by atoms with Crippen LogP contribution in [-0.2, 0) is 42.6 Å². The maximum Gasteiger partial charge on any atom is 0.362 e. The molecule has 0 bridgehead atoms. The Kier molecular flexibility index (Phi) is 8.06. The van der Waals surface area contributed by atoms with Crippen LogP contribution in [0.3, 0.4) is 0 Å². The first-order chi connectivity index (χ1) is 18.4. The molecule has 3 heterocycles. The SMILES string of the molecule is NCCCNCc1nnn(CC2C(NC(=O)/C(=N\OC3(C(=O)O)CC3)c3csc(N)n3)C(=O)N2S(=O)(=O)O)n1. The molecule has 1 saturated heterocycles. The Bertz CT molecular complexity index is 1390. The molecule has 0 spiro atoms. The molecular formula is C18H25N11O8S2. The van der Waals surface area contributed by atoms with Gasteiger partial charge in [0.1, 0.15) is 17.8 Å². The van der Waals surface area contributed by atoms with Crippen LogP contribution in [-0.4, -0.2) is 102 Å². The van der Waals surface area contributed by atoms with Crippen LogP contribution in [0.5, 0.6) is 0 Å². The molecule has 21 heteroatoms. The third-order valence-corrected chi connectivity index (χ3v) is 7.40. The van der Waals surface area contributed by atoms with Gasteiger partial charge in [-0.3, -0.25) is 14.1 Å². The minimum atomic E-state index is -5.00. The number of tetrazole rings is 1. The highest BCUT2D eigenvalue weighted by Crippen LogP contribution is 2.40. The molecule has 2 atom stereocenters. The quantitative estimate of drug-likeness (QED) is 0.0414. The molecule has 8 N–H and O–H groups in total.